The summed E-state index contributed by atoms with van der Waals surface area (Å²) in [6.07, 6.45) is 0. The van der Waals surface area contributed by atoms with Crippen molar-refractivity contribution in [2.75, 3.05) is 17.7 Å². The number of rotatable bonds is 6. The maximum atomic E-state index is 12.1. The van der Waals surface area contributed by atoms with E-state index in [0.717, 1.165) is 17.0 Å². The van der Waals surface area contributed by atoms with Gasteiger partial charge in [0, 0.05) is 22.8 Å². The van der Waals surface area contributed by atoms with Gasteiger partial charge in [-0.2, -0.15) is 11.8 Å². The zero-order chi connectivity index (χ0) is 18.5. The van der Waals surface area contributed by atoms with Crippen LogP contribution in [-0.4, -0.2) is 34.2 Å². The first-order valence-electron chi connectivity index (χ1n) is 7.96. The van der Waals surface area contributed by atoms with Gasteiger partial charge in [0.1, 0.15) is 0 Å². The van der Waals surface area contributed by atoms with E-state index in [4.69, 9.17) is 4.74 Å². The maximum absolute atomic E-state index is 12.1. The Morgan fingerprint density at radius 3 is 3.04 bits per heavy atom. The smallest absolute Gasteiger partial charge is 0.338 e. The minimum atomic E-state index is -0.434. The molecule has 2 heterocycles. The van der Waals surface area contributed by atoms with Crippen molar-refractivity contribution in [2.45, 2.75) is 23.6 Å². The second kappa shape index (κ2) is 8.41. The van der Waals surface area contributed by atoms with E-state index in [1.165, 1.54) is 11.8 Å². The molecule has 2 aromatic rings. The quantitative estimate of drug-likeness (QED) is 0.443. The molecule has 26 heavy (non-hydrogen) atoms. The summed E-state index contributed by atoms with van der Waals surface area (Å²) < 4.78 is 4.94. The Balaban J connectivity index is 1.60. The molecule has 9 heteroatoms. The second-order valence-electron chi connectivity index (χ2n) is 5.43. The Kier molecular flexibility index (Phi) is 6.00. The molecule has 0 unspecified atom stereocenters. The summed E-state index contributed by atoms with van der Waals surface area (Å²) in [5.74, 6) is 0.808. The summed E-state index contributed by atoms with van der Waals surface area (Å²) in [6, 6.07) is 6.55. The second-order valence-corrected chi connectivity index (χ2v) is 7.38. The molecule has 0 saturated carbocycles. The molecule has 0 aliphatic carbocycles. The normalized spacial score (nSPS) is 12.5. The van der Waals surface area contributed by atoms with E-state index in [1.54, 1.807) is 43.0 Å². The molecule has 7 nitrogen and oxygen atoms in total. The fourth-order valence-corrected chi connectivity index (χ4v) is 4.09. The van der Waals surface area contributed by atoms with Crippen molar-refractivity contribution >= 4 is 41.1 Å². The highest BCUT2D eigenvalue weighted by molar-refractivity contribution is 7.99. The van der Waals surface area contributed by atoms with E-state index in [9.17, 15) is 14.4 Å². The lowest BCUT2D eigenvalue weighted by Gasteiger charge is -2.07. The summed E-state index contributed by atoms with van der Waals surface area (Å²) in [5, 5.41) is 3.16. The van der Waals surface area contributed by atoms with Crippen molar-refractivity contribution in [3.8, 4) is 0 Å². The maximum Gasteiger partial charge on any atom is 0.338 e. The monoisotopic (exact) mass is 391 g/mol. The first-order chi connectivity index (χ1) is 12.6. The van der Waals surface area contributed by atoms with E-state index in [0.29, 0.717) is 22.2 Å². The van der Waals surface area contributed by atoms with Crippen molar-refractivity contribution in [2.24, 2.45) is 0 Å². The summed E-state index contributed by atoms with van der Waals surface area (Å²) in [7, 11) is 0. The SMILES string of the molecule is CCOC(=O)c1cccc(NC(=O)CSc2nc3c(c(=O)[nH]2)CSC3)c1. The average Bonchev–Trinajstić information content (AvgIpc) is 3.10. The number of H-pyrrole nitrogens is 1. The lowest BCUT2D eigenvalue weighted by molar-refractivity contribution is -0.113. The fraction of sp³-hybridized carbons (Fsp3) is 0.294. The van der Waals surface area contributed by atoms with Crippen LogP contribution in [0.2, 0.25) is 0 Å². The van der Waals surface area contributed by atoms with Crippen LogP contribution in [0.1, 0.15) is 28.5 Å². The summed E-state index contributed by atoms with van der Waals surface area (Å²) in [6.45, 7) is 2.02. The lowest BCUT2D eigenvalue weighted by Crippen LogP contribution is -2.17. The highest BCUT2D eigenvalue weighted by Crippen LogP contribution is 2.26. The number of benzene rings is 1. The molecular formula is C17H17N3O4S2. The van der Waals surface area contributed by atoms with Crippen LogP contribution in [-0.2, 0) is 21.0 Å². The molecular weight excluding hydrogens is 374 g/mol. The summed E-state index contributed by atoms with van der Waals surface area (Å²) in [5.41, 5.74) is 2.26. The van der Waals surface area contributed by atoms with Gasteiger partial charge in [0.15, 0.2) is 5.16 Å². The molecule has 3 rings (SSSR count). The Hall–Kier alpha value is -2.26. The van der Waals surface area contributed by atoms with Crippen LogP contribution < -0.4 is 10.9 Å². The molecule has 0 radical (unpaired) electrons. The van der Waals surface area contributed by atoms with Crippen molar-refractivity contribution in [3.63, 3.8) is 0 Å². The minimum absolute atomic E-state index is 0.0957. The van der Waals surface area contributed by atoms with Gasteiger partial charge in [-0.25, -0.2) is 9.78 Å². The van der Waals surface area contributed by atoms with Gasteiger partial charge < -0.3 is 15.0 Å². The number of anilines is 1. The van der Waals surface area contributed by atoms with Crippen molar-refractivity contribution in [1.82, 2.24) is 9.97 Å². The van der Waals surface area contributed by atoms with E-state index in [1.807, 2.05) is 0 Å². The van der Waals surface area contributed by atoms with E-state index < -0.39 is 5.97 Å². The van der Waals surface area contributed by atoms with Gasteiger partial charge in [0.25, 0.3) is 5.56 Å². The van der Waals surface area contributed by atoms with Crippen LogP contribution in [0.25, 0.3) is 0 Å². The molecule has 0 bridgehead atoms. The number of esters is 1. The molecule has 1 aliphatic heterocycles. The number of nitrogens with one attached hydrogen (secondary N) is 2. The molecule has 0 spiro atoms. The van der Waals surface area contributed by atoms with Crippen molar-refractivity contribution in [3.05, 3.63) is 51.4 Å². The van der Waals surface area contributed by atoms with Crippen LogP contribution in [0.5, 0.6) is 0 Å². The third-order valence-corrected chi connectivity index (χ3v) is 5.41. The average molecular weight is 391 g/mol. The number of fused-ring (bicyclic) bond motifs is 1. The molecule has 2 N–H and O–H groups in total. The van der Waals surface area contributed by atoms with Crippen molar-refractivity contribution in [1.29, 1.82) is 0 Å². The number of nitrogens with zero attached hydrogens (tertiary/aromatic N) is 1. The Morgan fingerprint density at radius 1 is 1.38 bits per heavy atom. The number of hydrogen-bond acceptors (Lipinski definition) is 7. The number of carbonyl (C=O) groups is 2. The number of ether oxygens (including phenoxy) is 1. The van der Waals surface area contributed by atoms with Crippen LogP contribution in [0, 0.1) is 0 Å². The Morgan fingerprint density at radius 2 is 2.23 bits per heavy atom. The van der Waals surface area contributed by atoms with Gasteiger partial charge in [-0.15, -0.1) is 0 Å². The Bertz CT molecular complexity index is 898. The predicted molar refractivity (Wildman–Crippen MR) is 102 cm³/mol. The predicted octanol–water partition coefficient (Wildman–Crippen LogP) is 2.42. The van der Waals surface area contributed by atoms with Gasteiger partial charge in [0.05, 0.1) is 23.6 Å². The minimum Gasteiger partial charge on any atom is -0.462 e. The standard InChI is InChI=1S/C17H17N3O4S2/c1-2-24-16(23)10-4-3-5-11(6-10)18-14(21)9-26-17-19-13-8-25-7-12(13)15(22)20-17/h3-6H,2,7-9H2,1H3,(H,18,21)(H,19,20,22). The molecule has 1 aliphatic rings. The van der Waals surface area contributed by atoms with Crippen molar-refractivity contribution < 1.29 is 14.3 Å². The first kappa shape index (κ1) is 18.5. The van der Waals surface area contributed by atoms with E-state index >= 15 is 0 Å². The highest BCUT2D eigenvalue weighted by Gasteiger charge is 2.18. The van der Waals surface area contributed by atoms with Crippen LogP contribution in [0.15, 0.2) is 34.2 Å². The number of carbonyl (C=O) groups excluding carboxylic acids is 2. The lowest BCUT2D eigenvalue weighted by atomic mass is 10.2. The highest BCUT2D eigenvalue weighted by atomic mass is 32.2. The molecule has 0 fully saturated rings. The van der Waals surface area contributed by atoms with Gasteiger partial charge >= 0.3 is 5.97 Å². The molecule has 0 atom stereocenters. The number of aromatic amines is 1. The fourth-order valence-electron chi connectivity index (χ4n) is 2.38. The number of hydrogen-bond donors (Lipinski definition) is 2. The van der Waals surface area contributed by atoms with Gasteiger partial charge in [0.2, 0.25) is 5.91 Å². The van der Waals surface area contributed by atoms with Gasteiger partial charge in [-0.1, -0.05) is 17.8 Å². The summed E-state index contributed by atoms with van der Waals surface area (Å²) >= 11 is 2.82. The van der Waals surface area contributed by atoms with Crippen LogP contribution >= 0.6 is 23.5 Å². The largest absolute Gasteiger partial charge is 0.462 e. The molecule has 1 aromatic carbocycles. The zero-order valence-corrected chi connectivity index (χ0v) is 15.7. The third kappa shape index (κ3) is 4.47. The van der Waals surface area contributed by atoms with Gasteiger partial charge in [-0.3, -0.25) is 9.59 Å². The van der Waals surface area contributed by atoms with E-state index in [-0.39, 0.29) is 23.8 Å². The van der Waals surface area contributed by atoms with E-state index in [2.05, 4.69) is 15.3 Å². The Labute approximate surface area is 158 Å². The number of amides is 1. The molecule has 0 saturated heterocycles. The molecule has 136 valence electrons. The third-order valence-electron chi connectivity index (χ3n) is 3.56. The topological polar surface area (TPSA) is 101 Å². The van der Waals surface area contributed by atoms with Crippen LogP contribution in [0.4, 0.5) is 5.69 Å². The first-order valence-corrected chi connectivity index (χ1v) is 10.1. The van der Waals surface area contributed by atoms with Gasteiger partial charge in [-0.05, 0) is 25.1 Å². The molecule has 1 amide bonds. The zero-order valence-electron chi connectivity index (χ0n) is 14.0. The van der Waals surface area contributed by atoms with Crippen LogP contribution in [0.3, 0.4) is 0 Å². The number of thioether (sulfide) groups is 2. The molecule has 1 aromatic heterocycles. The summed E-state index contributed by atoms with van der Waals surface area (Å²) in [4.78, 5) is 42.9. The number of aromatic nitrogens is 2.